The lowest BCUT2D eigenvalue weighted by atomic mass is 10.2. The number of para-hydroxylation sites is 2. The Balaban J connectivity index is 2.15. The van der Waals surface area contributed by atoms with Crippen molar-refractivity contribution in [1.29, 1.82) is 0 Å². The van der Waals surface area contributed by atoms with E-state index in [-0.39, 0.29) is 17.9 Å². The summed E-state index contributed by atoms with van der Waals surface area (Å²) >= 11 is 0. The number of benzene rings is 2. The molecule has 0 fully saturated rings. The zero-order valence-electron chi connectivity index (χ0n) is 13.4. The third-order valence-corrected chi connectivity index (χ3v) is 4.19. The van der Waals surface area contributed by atoms with Gasteiger partial charge in [0.25, 0.3) is 0 Å². The maximum Gasteiger partial charge on any atom is 0.649 e. The number of phosphoric acid groups is 1. The van der Waals surface area contributed by atoms with Crippen LogP contribution in [0, 0.1) is 0 Å². The first kappa shape index (κ1) is 17.8. The molecule has 0 aliphatic heterocycles. The molecule has 0 spiro atoms. The summed E-state index contributed by atoms with van der Waals surface area (Å²) < 4.78 is 28.6. The Hall–Kier alpha value is -2.52. The Morgan fingerprint density at radius 1 is 0.917 bits per heavy atom. The van der Waals surface area contributed by atoms with Gasteiger partial charge < -0.3 is 13.6 Å². The van der Waals surface area contributed by atoms with E-state index in [1.807, 2.05) is 0 Å². The highest BCUT2D eigenvalue weighted by atomic mass is 31.2. The SMILES string of the molecule is C=C(C)CCC(=O)OP(=O)(Oc1ccccc1)Oc1ccccc1. The summed E-state index contributed by atoms with van der Waals surface area (Å²) in [7, 11) is -4.16. The summed E-state index contributed by atoms with van der Waals surface area (Å²) in [6.07, 6.45) is 0.491. The van der Waals surface area contributed by atoms with Crippen LogP contribution in [0.3, 0.4) is 0 Å². The molecule has 0 heterocycles. The molecule has 0 unspecified atom stereocenters. The molecule has 0 N–H and O–H groups in total. The van der Waals surface area contributed by atoms with Gasteiger partial charge in [0.2, 0.25) is 0 Å². The molecule has 2 rings (SSSR count). The predicted molar refractivity (Wildman–Crippen MR) is 91.9 cm³/mol. The highest BCUT2D eigenvalue weighted by Crippen LogP contribution is 2.49. The first-order valence-electron chi connectivity index (χ1n) is 7.43. The standard InChI is InChI=1S/C18H19O5P/c1-15(2)13-14-18(19)23-24(20,21-16-9-5-3-6-10-16)22-17-11-7-4-8-12-17/h3-12H,1,13-14H2,2H3. The van der Waals surface area contributed by atoms with Crippen molar-refractivity contribution in [3.8, 4) is 11.5 Å². The first-order chi connectivity index (χ1) is 11.5. The van der Waals surface area contributed by atoms with Gasteiger partial charge in [0.1, 0.15) is 11.5 Å². The summed E-state index contributed by atoms with van der Waals surface area (Å²) in [5.74, 6) is -0.109. The van der Waals surface area contributed by atoms with E-state index in [9.17, 15) is 9.36 Å². The minimum Gasteiger partial charge on any atom is -0.386 e. The van der Waals surface area contributed by atoms with Crippen molar-refractivity contribution in [1.82, 2.24) is 0 Å². The fourth-order valence-corrected chi connectivity index (χ4v) is 2.97. The van der Waals surface area contributed by atoms with Crippen LogP contribution in [0.2, 0.25) is 0 Å². The molecule has 6 heteroatoms. The molecule has 2 aromatic carbocycles. The molecule has 0 atom stereocenters. The van der Waals surface area contributed by atoms with E-state index in [0.29, 0.717) is 6.42 Å². The monoisotopic (exact) mass is 346 g/mol. The van der Waals surface area contributed by atoms with Crippen molar-refractivity contribution in [2.75, 3.05) is 0 Å². The third kappa shape index (κ3) is 5.94. The van der Waals surface area contributed by atoms with Crippen LogP contribution in [-0.4, -0.2) is 5.97 Å². The molecule has 0 saturated heterocycles. The van der Waals surface area contributed by atoms with E-state index in [0.717, 1.165) is 5.57 Å². The van der Waals surface area contributed by atoms with Crippen LogP contribution in [0.1, 0.15) is 19.8 Å². The molecule has 0 aromatic heterocycles. The number of rotatable bonds is 8. The van der Waals surface area contributed by atoms with Gasteiger partial charge in [-0.3, -0.25) is 4.79 Å². The van der Waals surface area contributed by atoms with Gasteiger partial charge in [-0.25, -0.2) is 0 Å². The molecular weight excluding hydrogens is 327 g/mol. The van der Waals surface area contributed by atoms with Gasteiger partial charge in [-0.2, -0.15) is 4.57 Å². The number of carbonyl (C=O) groups is 1. The van der Waals surface area contributed by atoms with Crippen molar-refractivity contribution >= 4 is 13.8 Å². The number of allylic oxidation sites excluding steroid dienone is 1. The van der Waals surface area contributed by atoms with Crippen molar-refractivity contribution in [2.45, 2.75) is 19.8 Å². The van der Waals surface area contributed by atoms with Crippen LogP contribution >= 0.6 is 7.82 Å². The van der Waals surface area contributed by atoms with Gasteiger partial charge in [0.05, 0.1) is 0 Å². The van der Waals surface area contributed by atoms with Gasteiger partial charge in [-0.1, -0.05) is 42.0 Å². The van der Waals surface area contributed by atoms with Crippen LogP contribution in [0.4, 0.5) is 0 Å². The van der Waals surface area contributed by atoms with E-state index in [2.05, 4.69) is 6.58 Å². The van der Waals surface area contributed by atoms with Gasteiger partial charge >= 0.3 is 13.8 Å². The molecule has 0 amide bonds. The van der Waals surface area contributed by atoms with E-state index in [1.165, 1.54) is 0 Å². The average Bonchev–Trinajstić information content (AvgIpc) is 2.54. The van der Waals surface area contributed by atoms with Crippen molar-refractivity contribution in [3.05, 3.63) is 72.8 Å². The van der Waals surface area contributed by atoms with E-state index >= 15 is 0 Å². The smallest absolute Gasteiger partial charge is 0.386 e. The minimum atomic E-state index is -4.16. The van der Waals surface area contributed by atoms with E-state index < -0.39 is 13.8 Å². The second kappa shape index (κ2) is 8.37. The van der Waals surface area contributed by atoms with Crippen LogP contribution in [-0.2, 0) is 13.9 Å². The Morgan fingerprint density at radius 2 is 1.38 bits per heavy atom. The van der Waals surface area contributed by atoms with Crippen LogP contribution in [0.25, 0.3) is 0 Å². The number of phosphoric ester groups is 1. The molecule has 24 heavy (non-hydrogen) atoms. The first-order valence-corrected chi connectivity index (χ1v) is 8.89. The molecule has 0 aliphatic carbocycles. The second-order valence-electron chi connectivity index (χ2n) is 5.18. The second-order valence-corrected chi connectivity index (χ2v) is 6.62. The number of carbonyl (C=O) groups excluding carboxylic acids is 1. The van der Waals surface area contributed by atoms with Crippen molar-refractivity contribution < 1.29 is 22.9 Å². The summed E-state index contributed by atoms with van der Waals surface area (Å²) in [5, 5.41) is 0. The van der Waals surface area contributed by atoms with E-state index in [4.69, 9.17) is 13.6 Å². The fourth-order valence-electron chi connectivity index (χ4n) is 1.76. The number of hydrogen-bond acceptors (Lipinski definition) is 5. The molecule has 0 bridgehead atoms. The molecule has 126 valence electrons. The highest BCUT2D eigenvalue weighted by Gasteiger charge is 2.35. The quantitative estimate of drug-likeness (QED) is 0.488. The minimum absolute atomic E-state index is 0.0512. The molecule has 0 radical (unpaired) electrons. The Kier molecular flexibility index (Phi) is 6.21. The molecule has 2 aromatic rings. The lowest BCUT2D eigenvalue weighted by molar-refractivity contribution is -0.135. The summed E-state index contributed by atoms with van der Waals surface area (Å²) in [6, 6.07) is 16.8. The lowest BCUT2D eigenvalue weighted by Gasteiger charge is -2.18. The Labute approximate surface area is 141 Å². The predicted octanol–water partition coefficient (Wildman–Crippen LogP) is 5.15. The van der Waals surface area contributed by atoms with Gasteiger partial charge in [0.15, 0.2) is 0 Å². The summed E-state index contributed by atoms with van der Waals surface area (Å²) in [4.78, 5) is 11.9. The third-order valence-electron chi connectivity index (χ3n) is 2.89. The fraction of sp³-hybridized carbons (Fsp3) is 0.167. The zero-order chi connectivity index (χ0) is 17.4. The largest absolute Gasteiger partial charge is 0.649 e. The van der Waals surface area contributed by atoms with Crippen molar-refractivity contribution in [3.63, 3.8) is 0 Å². The van der Waals surface area contributed by atoms with E-state index in [1.54, 1.807) is 67.6 Å². The molecular formula is C18H19O5P. The zero-order valence-corrected chi connectivity index (χ0v) is 14.3. The normalized spacial score (nSPS) is 10.7. The Morgan fingerprint density at radius 3 is 1.79 bits per heavy atom. The lowest BCUT2D eigenvalue weighted by Crippen LogP contribution is -2.10. The van der Waals surface area contributed by atoms with Crippen molar-refractivity contribution in [2.24, 2.45) is 0 Å². The maximum atomic E-state index is 12.9. The molecule has 0 saturated carbocycles. The summed E-state index contributed by atoms with van der Waals surface area (Å²) in [5.41, 5.74) is 0.828. The van der Waals surface area contributed by atoms with Gasteiger partial charge in [-0.05, 0) is 37.6 Å². The van der Waals surface area contributed by atoms with Crippen LogP contribution < -0.4 is 9.05 Å². The van der Waals surface area contributed by atoms with Crippen LogP contribution in [0.5, 0.6) is 11.5 Å². The maximum absolute atomic E-state index is 12.9. The molecule has 0 aliphatic rings. The topological polar surface area (TPSA) is 61.8 Å². The van der Waals surface area contributed by atoms with Gasteiger partial charge in [0, 0.05) is 6.42 Å². The average molecular weight is 346 g/mol. The molecule has 5 nitrogen and oxygen atoms in total. The highest BCUT2D eigenvalue weighted by molar-refractivity contribution is 7.50. The summed E-state index contributed by atoms with van der Waals surface area (Å²) in [6.45, 7) is 5.52. The van der Waals surface area contributed by atoms with Crippen LogP contribution in [0.15, 0.2) is 72.8 Å². The number of hydrogen-bond donors (Lipinski definition) is 0. The van der Waals surface area contributed by atoms with Gasteiger partial charge in [-0.15, -0.1) is 6.58 Å². The Bertz CT molecular complexity index is 682.